The molecule has 0 nitrogen and oxygen atoms in total. The van der Waals surface area contributed by atoms with E-state index in [1.165, 1.54) is 64.2 Å². The van der Waals surface area contributed by atoms with Gasteiger partial charge in [0.05, 0.1) is 0 Å². The molecule has 0 aromatic heterocycles. The van der Waals surface area contributed by atoms with E-state index in [1.54, 1.807) is 0 Å². The van der Waals surface area contributed by atoms with E-state index in [2.05, 4.69) is 41.5 Å². The predicted octanol–water partition coefficient (Wildman–Crippen LogP) is 7.47. The Balaban J connectivity index is 2.84. The fourth-order valence-electron chi connectivity index (χ4n) is 5.16. The Hall–Kier alpha value is 0. The maximum atomic E-state index is 2.55. The minimum absolute atomic E-state index is 0.562. The molecule has 0 spiro atoms. The van der Waals surface area contributed by atoms with Gasteiger partial charge in [0.25, 0.3) is 0 Å². The molecule has 1 rings (SSSR count). The molecule has 0 bridgehead atoms. The lowest BCUT2D eigenvalue weighted by Crippen LogP contribution is -2.34. The summed E-state index contributed by atoms with van der Waals surface area (Å²) in [5.41, 5.74) is 0.562. The summed E-state index contributed by atoms with van der Waals surface area (Å²) >= 11 is 0. The van der Waals surface area contributed by atoms with Crippen LogP contribution in [0.2, 0.25) is 0 Å². The van der Waals surface area contributed by atoms with Crippen LogP contribution in [0.25, 0.3) is 0 Å². The summed E-state index contributed by atoms with van der Waals surface area (Å²) in [6, 6.07) is 0. The molecule has 1 fully saturated rings. The third-order valence-electron chi connectivity index (χ3n) is 6.63. The molecule has 0 aromatic carbocycles. The highest BCUT2D eigenvalue weighted by Crippen LogP contribution is 2.50. The van der Waals surface area contributed by atoms with E-state index in [9.17, 15) is 0 Å². The standard InChI is InChI=1S/C21H42/c1-7-10-11-12-14-19-18(17(4)8-2)15-13-16-21(5,6)20(19)9-3/h17-20H,7-16H2,1-6H3. The van der Waals surface area contributed by atoms with Crippen molar-refractivity contribution in [3.05, 3.63) is 0 Å². The van der Waals surface area contributed by atoms with Crippen LogP contribution in [0.15, 0.2) is 0 Å². The number of hydrogen-bond acceptors (Lipinski definition) is 0. The molecular formula is C21H42. The molecule has 0 N–H and O–H groups in total. The van der Waals surface area contributed by atoms with E-state index in [1.807, 2.05) is 0 Å². The SMILES string of the molecule is CCCCCCC1C(C(C)CC)CCCC(C)(C)C1CC. The minimum atomic E-state index is 0.562. The van der Waals surface area contributed by atoms with Crippen molar-refractivity contribution in [2.45, 2.75) is 106 Å². The number of unbranched alkanes of at least 4 members (excludes halogenated alkanes) is 3. The van der Waals surface area contributed by atoms with E-state index >= 15 is 0 Å². The van der Waals surface area contributed by atoms with Gasteiger partial charge in [-0.3, -0.25) is 0 Å². The topological polar surface area (TPSA) is 0 Å². The zero-order chi connectivity index (χ0) is 15.9. The summed E-state index contributed by atoms with van der Waals surface area (Å²) in [7, 11) is 0. The molecule has 1 aliphatic rings. The maximum absolute atomic E-state index is 2.55. The Kier molecular flexibility index (Phi) is 8.35. The zero-order valence-electron chi connectivity index (χ0n) is 15.9. The highest BCUT2D eigenvalue weighted by Gasteiger charge is 2.41. The van der Waals surface area contributed by atoms with Gasteiger partial charge >= 0.3 is 0 Å². The molecule has 4 atom stereocenters. The van der Waals surface area contributed by atoms with Crippen molar-refractivity contribution in [2.75, 3.05) is 0 Å². The lowest BCUT2D eigenvalue weighted by atomic mass is 9.64. The van der Waals surface area contributed by atoms with Crippen molar-refractivity contribution >= 4 is 0 Å². The second-order valence-electron chi connectivity index (χ2n) is 8.46. The van der Waals surface area contributed by atoms with Crippen LogP contribution in [-0.4, -0.2) is 0 Å². The molecule has 0 heterocycles. The molecule has 1 saturated carbocycles. The molecular weight excluding hydrogens is 252 g/mol. The molecule has 1 aliphatic carbocycles. The first-order valence-corrected chi connectivity index (χ1v) is 9.97. The summed E-state index contributed by atoms with van der Waals surface area (Å²) < 4.78 is 0. The smallest absolute Gasteiger partial charge is 0.0323 e. The molecule has 0 amide bonds. The molecule has 0 aliphatic heterocycles. The van der Waals surface area contributed by atoms with Crippen LogP contribution in [0.4, 0.5) is 0 Å². The molecule has 0 radical (unpaired) electrons. The average Bonchev–Trinajstić information content (AvgIpc) is 2.58. The molecule has 126 valence electrons. The summed E-state index contributed by atoms with van der Waals surface area (Å²) in [6.07, 6.45) is 14.4. The van der Waals surface area contributed by atoms with Crippen molar-refractivity contribution in [3.8, 4) is 0 Å². The van der Waals surface area contributed by atoms with E-state index in [0.29, 0.717) is 5.41 Å². The number of rotatable bonds is 8. The molecule has 21 heavy (non-hydrogen) atoms. The Morgan fingerprint density at radius 2 is 1.76 bits per heavy atom. The van der Waals surface area contributed by atoms with Gasteiger partial charge < -0.3 is 0 Å². The molecule has 0 saturated heterocycles. The van der Waals surface area contributed by atoms with Crippen molar-refractivity contribution in [3.63, 3.8) is 0 Å². The average molecular weight is 295 g/mol. The summed E-state index contributed by atoms with van der Waals surface area (Å²) in [5, 5.41) is 0. The quantitative estimate of drug-likeness (QED) is 0.321. The lowest BCUT2D eigenvalue weighted by Gasteiger charge is -2.41. The van der Waals surface area contributed by atoms with Gasteiger partial charge in [0.1, 0.15) is 0 Å². The fraction of sp³-hybridized carbons (Fsp3) is 1.00. The van der Waals surface area contributed by atoms with Crippen LogP contribution in [0.5, 0.6) is 0 Å². The molecule has 0 heteroatoms. The summed E-state index contributed by atoms with van der Waals surface area (Å²) in [5.74, 6) is 3.84. The predicted molar refractivity (Wildman–Crippen MR) is 96.6 cm³/mol. The van der Waals surface area contributed by atoms with Crippen LogP contribution in [-0.2, 0) is 0 Å². The normalized spacial score (nSPS) is 30.9. The van der Waals surface area contributed by atoms with Crippen LogP contribution in [0, 0.1) is 29.1 Å². The van der Waals surface area contributed by atoms with Crippen LogP contribution < -0.4 is 0 Å². The van der Waals surface area contributed by atoms with Gasteiger partial charge in [-0.25, -0.2) is 0 Å². The van der Waals surface area contributed by atoms with Gasteiger partial charge in [0.2, 0.25) is 0 Å². The monoisotopic (exact) mass is 294 g/mol. The molecule has 0 aromatic rings. The van der Waals surface area contributed by atoms with Crippen molar-refractivity contribution in [1.29, 1.82) is 0 Å². The van der Waals surface area contributed by atoms with Crippen LogP contribution in [0.1, 0.15) is 106 Å². The highest BCUT2D eigenvalue weighted by atomic mass is 14.5. The third kappa shape index (κ3) is 5.29. The third-order valence-corrected chi connectivity index (χ3v) is 6.63. The van der Waals surface area contributed by atoms with E-state index < -0.39 is 0 Å². The Morgan fingerprint density at radius 3 is 2.33 bits per heavy atom. The van der Waals surface area contributed by atoms with Gasteiger partial charge in [-0.15, -0.1) is 0 Å². The first kappa shape index (κ1) is 19.0. The molecule has 4 unspecified atom stereocenters. The first-order chi connectivity index (χ1) is 9.97. The van der Waals surface area contributed by atoms with E-state index in [0.717, 1.165) is 23.7 Å². The zero-order valence-corrected chi connectivity index (χ0v) is 15.9. The lowest BCUT2D eigenvalue weighted by molar-refractivity contribution is 0.0773. The largest absolute Gasteiger partial charge is 0.0654 e. The Morgan fingerprint density at radius 1 is 1.05 bits per heavy atom. The van der Waals surface area contributed by atoms with Gasteiger partial charge in [-0.05, 0) is 48.3 Å². The van der Waals surface area contributed by atoms with Crippen molar-refractivity contribution in [1.82, 2.24) is 0 Å². The highest BCUT2D eigenvalue weighted by molar-refractivity contribution is 4.91. The van der Waals surface area contributed by atoms with Crippen molar-refractivity contribution in [2.24, 2.45) is 29.1 Å². The minimum Gasteiger partial charge on any atom is -0.0654 e. The summed E-state index contributed by atoms with van der Waals surface area (Å²) in [4.78, 5) is 0. The van der Waals surface area contributed by atoms with E-state index in [4.69, 9.17) is 0 Å². The van der Waals surface area contributed by atoms with Gasteiger partial charge in [-0.1, -0.05) is 86.5 Å². The first-order valence-electron chi connectivity index (χ1n) is 9.97. The number of hydrogen-bond donors (Lipinski definition) is 0. The van der Waals surface area contributed by atoms with Crippen molar-refractivity contribution < 1.29 is 0 Å². The van der Waals surface area contributed by atoms with E-state index in [-0.39, 0.29) is 0 Å². The van der Waals surface area contributed by atoms with Crippen LogP contribution >= 0.6 is 0 Å². The maximum Gasteiger partial charge on any atom is -0.0323 e. The fourth-order valence-corrected chi connectivity index (χ4v) is 5.16. The van der Waals surface area contributed by atoms with Gasteiger partial charge in [-0.2, -0.15) is 0 Å². The Bertz CT molecular complexity index is 265. The summed E-state index contributed by atoms with van der Waals surface area (Å²) in [6.45, 7) is 14.8. The van der Waals surface area contributed by atoms with Crippen LogP contribution in [0.3, 0.4) is 0 Å². The van der Waals surface area contributed by atoms with Gasteiger partial charge in [0.15, 0.2) is 0 Å². The second-order valence-corrected chi connectivity index (χ2v) is 8.46. The second kappa shape index (κ2) is 9.21. The Labute approximate surface area is 135 Å². The van der Waals surface area contributed by atoms with Gasteiger partial charge in [0, 0.05) is 0 Å².